The number of unbranched alkanes of at least 4 members (excludes halogenated alkanes) is 4. The fraction of sp³-hybridized carbons (Fsp3) is 0.923. The first-order chi connectivity index (χ1) is 7.95. The molecule has 0 aliphatic heterocycles. The van der Waals surface area contributed by atoms with Gasteiger partial charge in [-0.25, -0.2) is 9.18 Å². The molecule has 0 aromatic heterocycles. The molecule has 0 saturated carbocycles. The minimum atomic E-state index is -1.95. The summed E-state index contributed by atoms with van der Waals surface area (Å²) in [5.74, 6) is -0.967. The van der Waals surface area contributed by atoms with E-state index < -0.39 is 17.7 Å². The van der Waals surface area contributed by atoms with Gasteiger partial charge < -0.3 is 9.84 Å². The molecular weight excluding hydrogens is 223 g/mol. The lowest BCUT2D eigenvalue weighted by Crippen LogP contribution is -2.42. The van der Waals surface area contributed by atoms with Gasteiger partial charge in [0, 0.05) is 0 Å². The Morgan fingerprint density at radius 3 is 2.41 bits per heavy atom. The summed E-state index contributed by atoms with van der Waals surface area (Å²) in [6.07, 6.45) is 3.41. The second-order valence-electron chi connectivity index (χ2n) is 4.64. The maximum atomic E-state index is 13.6. The van der Waals surface area contributed by atoms with Crippen molar-refractivity contribution in [1.29, 1.82) is 0 Å². The molecule has 2 unspecified atom stereocenters. The van der Waals surface area contributed by atoms with Gasteiger partial charge in [-0.15, -0.1) is 0 Å². The van der Waals surface area contributed by atoms with Crippen molar-refractivity contribution in [1.82, 2.24) is 0 Å². The molecule has 0 saturated heterocycles. The summed E-state index contributed by atoms with van der Waals surface area (Å²) < 4.78 is 18.2. The molecule has 0 bridgehead atoms. The van der Waals surface area contributed by atoms with Gasteiger partial charge in [0.2, 0.25) is 6.17 Å². The third-order valence-electron chi connectivity index (χ3n) is 2.83. The van der Waals surface area contributed by atoms with Gasteiger partial charge in [0.15, 0.2) is 0 Å². The highest BCUT2D eigenvalue weighted by atomic mass is 19.1. The fourth-order valence-corrected chi connectivity index (χ4v) is 1.68. The van der Waals surface area contributed by atoms with E-state index in [2.05, 4.69) is 11.7 Å². The summed E-state index contributed by atoms with van der Waals surface area (Å²) in [5.41, 5.74) is -1.61. The van der Waals surface area contributed by atoms with E-state index in [0.29, 0.717) is 0 Å². The molecule has 0 spiro atoms. The Kier molecular flexibility index (Phi) is 8.13. The summed E-state index contributed by atoms with van der Waals surface area (Å²) in [6, 6.07) is 0. The largest absolute Gasteiger partial charge is 0.464 e. The minimum Gasteiger partial charge on any atom is -0.464 e. The van der Waals surface area contributed by atoms with Gasteiger partial charge >= 0.3 is 5.97 Å². The monoisotopic (exact) mass is 248 g/mol. The van der Waals surface area contributed by atoms with Crippen LogP contribution in [-0.4, -0.2) is 29.5 Å². The molecule has 17 heavy (non-hydrogen) atoms. The van der Waals surface area contributed by atoms with Gasteiger partial charge in [0.1, 0.15) is 5.60 Å². The normalized spacial score (nSPS) is 16.3. The van der Waals surface area contributed by atoms with Gasteiger partial charge in [0.05, 0.1) is 6.61 Å². The predicted molar refractivity (Wildman–Crippen MR) is 65.5 cm³/mol. The van der Waals surface area contributed by atoms with Gasteiger partial charge in [-0.3, -0.25) is 0 Å². The summed E-state index contributed by atoms with van der Waals surface area (Å²) in [4.78, 5) is 11.2. The zero-order valence-corrected chi connectivity index (χ0v) is 11.2. The van der Waals surface area contributed by atoms with E-state index in [1.807, 2.05) is 0 Å². The minimum absolute atomic E-state index is 0.131. The topological polar surface area (TPSA) is 46.5 Å². The Labute approximate surface area is 103 Å². The molecule has 0 radical (unpaired) electrons. The Hall–Kier alpha value is -0.640. The summed E-state index contributed by atoms with van der Waals surface area (Å²) in [5, 5.41) is 9.86. The van der Waals surface area contributed by atoms with Crippen LogP contribution in [0.5, 0.6) is 0 Å². The molecule has 1 N–H and O–H groups in total. The highest BCUT2D eigenvalue weighted by Crippen LogP contribution is 2.22. The van der Waals surface area contributed by atoms with E-state index in [1.165, 1.54) is 6.92 Å². The van der Waals surface area contributed by atoms with E-state index in [9.17, 15) is 14.3 Å². The van der Waals surface area contributed by atoms with Gasteiger partial charge in [-0.05, 0) is 20.3 Å². The van der Waals surface area contributed by atoms with Gasteiger partial charge in [-0.1, -0.05) is 39.0 Å². The van der Waals surface area contributed by atoms with Crippen molar-refractivity contribution in [3.63, 3.8) is 0 Å². The average Bonchev–Trinajstić information content (AvgIpc) is 2.28. The summed E-state index contributed by atoms with van der Waals surface area (Å²) in [6.45, 7) is 5.22. The first-order valence-corrected chi connectivity index (χ1v) is 6.48. The first-order valence-electron chi connectivity index (χ1n) is 6.48. The Morgan fingerprint density at radius 1 is 1.29 bits per heavy atom. The van der Waals surface area contributed by atoms with Crippen LogP contribution in [0.4, 0.5) is 4.39 Å². The van der Waals surface area contributed by atoms with Crippen LogP contribution >= 0.6 is 0 Å². The van der Waals surface area contributed by atoms with Crippen molar-refractivity contribution in [2.75, 3.05) is 6.61 Å². The van der Waals surface area contributed by atoms with E-state index in [0.717, 1.165) is 32.1 Å². The summed E-state index contributed by atoms with van der Waals surface area (Å²) >= 11 is 0. The number of esters is 1. The molecule has 102 valence electrons. The number of ether oxygens (including phenoxy) is 1. The molecular formula is C13H25FO3. The third kappa shape index (κ3) is 6.61. The maximum absolute atomic E-state index is 13.6. The summed E-state index contributed by atoms with van der Waals surface area (Å²) in [7, 11) is 0. The lowest BCUT2D eigenvalue weighted by molar-refractivity contribution is -0.159. The molecule has 2 atom stereocenters. The van der Waals surface area contributed by atoms with Crippen molar-refractivity contribution in [3.8, 4) is 0 Å². The zero-order valence-electron chi connectivity index (χ0n) is 11.2. The number of carbonyl (C=O) groups is 1. The predicted octanol–water partition coefficient (Wildman–Crippen LogP) is 3.00. The van der Waals surface area contributed by atoms with Crippen LogP contribution in [-0.2, 0) is 9.53 Å². The van der Waals surface area contributed by atoms with Crippen LogP contribution in [0.15, 0.2) is 0 Å². The highest BCUT2D eigenvalue weighted by Gasteiger charge is 2.38. The Balaban J connectivity index is 3.95. The number of alkyl halides is 1. The quantitative estimate of drug-likeness (QED) is 0.504. The van der Waals surface area contributed by atoms with E-state index in [4.69, 9.17) is 0 Å². The van der Waals surface area contributed by atoms with Crippen molar-refractivity contribution in [2.24, 2.45) is 0 Å². The Morgan fingerprint density at radius 2 is 1.88 bits per heavy atom. The van der Waals surface area contributed by atoms with Crippen molar-refractivity contribution >= 4 is 5.97 Å². The molecule has 0 aliphatic rings. The number of hydrogen-bond acceptors (Lipinski definition) is 3. The van der Waals surface area contributed by atoms with Crippen LogP contribution in [0, 0.1) is 0 Å². The lowest BCUT2D eigenvalue weighted by Gasteiger charge is -2.25. The fourth-order valence-electron chi connectivity index (χ4n) is 1.68. The smallest absolute Gasteiger partial charge is 0.343 e. The van der Waals surface area contributed by atoms with Crippen LogP contribution in [0.2, 0.25) is 0 Å². The lowest BCUT2D eigenvalue weighted by atomic mass is 9.93. The van der Waals surface area contributed by atoms with Crippen LogP contribution < -0.4 is 0 Å². The molecule has 3 nitrogen and oxygen atoms in total. The molecule has 0 heterocycles. The van der Waals surface area contributed by atoms with E-state index in [1.54, 1.807) is 6.92 Å². The van der Waals surface area contributed by atoms with Gasteiger partial charge in [0.25, 0.3) is 0 Å². The molecule has 0 aliphatic carbocycles. The number of halogens is 1. The number of carbonyl (C=O) groups excluding carboxylic acids is 1. The van der Waals surface area contributed by atoms with Crippen LogP contribution in [0.25, 0.3) is 0 Å². The van der Waals surface area contributed by atoms with Crippen molar-refractivity contribution in [3.05, 3.63) is 0 Å². The van der Waals surface area contributed by atoms with E-state index >= 15 is 0 Å². The third-order valence-corrected chi connectivity index (χ3v) is 2.83. The number of aliphatic hydroxyl groups is 1. The SMILES string of the molecule is CCCCCCCC(C)(O)C(F)C(=O)OCC. The van der Waals surface area contributed by atoms with Crippen molar-refractivity contribution in [2.45, 2.75) is 71.1 Å². The van der Waals surface area contributed by atoms with Crippen LogP contribution in [0.3, 0.4) is 0 Å². The second-order valence-corrected chi connectivity index (χ2v) is 4.64. The standard InChI is InChI=1S/C13H25FO3/c1-4-6-7-8-9-10-13(3,16)11(14)12(15)17-5-2/h11,16H,4-10H2,1-3H3. The van der Waals surface area contributed by atoms with Crippen molar-refractivity contribution < 1.29 is 19.0 Å². The van der Waals surface area contributed by atoms with Crippen LogP contribution in [0.1, 0.15) is 59.3 Å². The molecule has 0 fully saturated rings. The maximum Gasteiger partial charge on any atom is 0.343 e. The molecule has 0 rings (SSSR count). The first kappa shape index (κ1) is 16.4. The molecule has 0 amide bonds. The Bertz CT molecular complexity index is 217. The van der Waals surface area contributed by atoms with Gasteiger partial charge in [-0.2, -0.15) is 0 Å². The number of hydrogen-bond donors (Lipinski definition) is 1. The second kappa shape index (κ2) is 8.45. The van der Waals surface area contributed by atoms with E-state index in [-0.39, 0.29) is 13.0 Å². The highest BCUT2D eigenvalue weighted by molar-refractivity contribution is 5.75. The average molecular weight is 248 g/mol. The molecule has 4 heteroatoms. The number of rotatable bonds is 9. The molecule has 0 aromatic rings. The zero-order chi connectivity index (χ0) is 13.3. The molecule has 0 aromatic carbocycles.